The van der Waals surface area contributed by atoms with Crippen molar-refractivity contribution in [3.8, 4) is 5.69 Å². The molecule has 0 aliphatic carbocycles. The molecule has 0 unspecified atom stereocenters. The minimum Gasteiger partial charge on any atom is -0.481 e. The van der Waals surface area contributed by atoms with E-state index in [0.29, 0.717) is 13.2 Å². The highest BCUT2D eigenvalue weighted by Gasteiger charge is 2.25. The molecule has 1 aromatic heterocycles. The number of hydrogen-bond donors (Lipinski definition) is 2. The van der Waals surface area contributed by atoms with Crippen molar-refractivity contribution in [3.63, 3.8) is 0 Å². The van der Waals surface area contributed by atoms with E-state index in [9.17, 15) is 9.18 Å². The lowest BCUT2D eigenvalue weighted by molar-refractivity contribution is -0.140. The fourth-order valence-electron chi connectivity index (χ4n) is 4.67. The van der Waals surface area contributed by atoms with Crippen LogP contribution in [-0.2, 0) is 29.1 Å². The highest BCUT2D eigenvalue weighted by molar-refractivity contribution is 5.79. The quantitative estimate of drug-likeness (QED) is 0.371. The summed E-state index contributed by atoms with van der Waals surface area (Å²) < 4.78 is 21.7. The molecule has 1 aliphatic rings. The number of nitrogens with one attached hydrogen (secondary N) is 1. The van der Waals surface area contributed by atoms with E-state index in [4.69, 9.17) is 14.8 Å². The zero-order chi connectivity index (χ0) is 23.8. The second kappa shape index (κ2) is 8.91. The van der Waals surface area contributed by atoms with Crippen LogP contribution < -0.4 is 5.32 Å². The molecule has 0 radical (unpaired) electrons. The Morgan fingerprint density at radius 1 is 1.24 bits per heavy atom. The SMILES string of the molecule is CCc1nc2ccc(F)cc2n1-c1cccc(CNc2ccc3c(c2)CO[C@H]3CC(=O)O)c1C. The number of nitrogens with zero attached hydrogens (tertiary/aromatic N) is 2. The number of aromatic nitrogens is 2. The molecule has 3 aromatic carbocycles. The van der Waals surface area contributed by atoms with E-state index in [1.165, 1.54) is 12.1 Å². The van der Waals surface area contributed by atoms with Gasteiger partial charge in [-0.2, -0.15) is 0 Å². The summed E-state index contributed by atoms with van der Waals surface area (Å²) in [5.74, 6) is -0.253. The number of carboxylic acid groups (broad SMARTS) is 1. The van der Waals surface area contributed by atoms with Gasteiger partial charge in [-0.05, 0) is 59.5 Å². The van der Waals surface area contributed by atoms with E-state index < -0.39 is 5.97 Å². The average molecular weight is 460 g/mol. The molecule has 2 heterocycles. The second-order valence-electron chi connectivity index (χ2n) is 8.58. The standard InChI is InChI=1S/C27H26FN3O3/c1-3-26-30-22-10-7-19(28)12-24(22)31(26)23-6-4-5-17(16(23)2)14-29-20-8-9-21-18(11-20)15-34-25(21)13-27(32)33/h4-12,25,29H,3,13-15H2,1-2H3,(H,32,33)/t25-/m0/s1. The van der Waals surface area contributed by atoms with E-state index in [1.54, 1.807) is 6.07 Å². The molecule has 2 N–H and O–H groups in total. The fraction of sp³-hybridized carbons (Fsp3) is 0.259. The van der Waals surface area contributed by atoms with Crippen molar-refractivity contribution in [3.05, 3.63) is 88.5 Å². The number of fused-ring (bicyclic) bond motifs is 2. The minimum absolute atomic E-state index is 0.0294. The zero-order valence-electron chi connectivity index (χ0n) is 19.1. The second-order valence-corrected chi connectivity index (χ2v) is 8.58. The van der Waals surface area contributed by atoms with Gasteiger partial charge in [0.15, 0.2) is 0 Å². The van der Waals surface area contributed by atoms with Gasteiger partial charge in [0.25, 0.3) is 0 Å². The lowest BCUT2D eigenvalue weighted by Crippen LogP contribution is -2.07. The molecule has 7 heteroatoms. The summed E-state index contributed by atoms with van der Waals surface area (Å²) in [7, 11) is 0. The first kappa shape index (κ1) is 22.1. The third-order valence-corrected chi connectivity index (χ3v) is 6.43. The molecule has 34 heavy (non-hydrogen) atoms. The maximum atomic E-state index is 14.0. The summed E-state index contributed by atoms with van der Waals surface area (Å²) in [6.45, 7) is 5.15. The Morgan fingerprint density at radius 3 is 2.88 bits per heavy atom. The van der Waals surface area contributed by atoms with Crippen molar-refractivity contribution in [2.45, 2.75) is 45.9 Å². The lowest BCUT2D eigenvalue weighted by atomic mass is 10.0. The van der Waals surface area contributed by atoms with Gasteiger partial charge in [-0.15, -0.1) is 0 Å². The third-order valence-electron chi connectivity index (χ3n) is 6.43. The number of halogens is 1. The highest BCUT2D eigenvalue weighted by Crippen LogP contribution is 2.35. The van der Waals surface area contributed by atoms with Crippen LogP contribution in [0.25, 0.3) is 16.7 Å². The molecular weight excluding hydrogens is 433 g/mol. The number of carboxylic acids is 1. The fourth-order valence-corrected chi connectivity index (χ4v) is 4.67. The molecule has 4 aromatic rings. The van der Waals surface area contributed by atoms with Crippen LogP contribution in [0.15, 0.2) is 54.6 Å². The Bertz CT molecular complexity index is 1400. The predicted molar refractivity (Wildman–Crippen MR) is 129 cm³/mol. The molecule has 1 atom stereocenters. The van der Waals surface area contributed by atoms with E-state index in [2.05, 4.69) is 18.3 Å². The first-order chi connectivity index (χ1) is 16.4. The number of imidazole rings is 1. The summed E-state index contributed by atoms with van der Waals surface area (Å²) in [5.41, 5.74) is 7.66. The summed E-state index contributed by atoms with van der Waals surface area (Å²) in [6, 6.07) is 16.8. The van der Waals surface area contributed by atoms with Crippen molar-refractivity contribution in [1.29, 1.82) is 0 Å². The lowest BCUT2D eigenvalue weighted by Gasteiger charge is -2.16. The number of ether oxygens (including phenoxy) is 1. The Morgan fingerprint density at radius 2 is 2.09 bits per heavy atom. The molecule has 0 fully saturated rings. The molecule has 174 valence electrons. The van der Waals surface area contributed by atoms with Gasteiger partial charge in [0.1, 0.15) is 11.6 Å². The van der Waals surface area contributed by atoms with Crippen LogP contribution in [0.5, 0.6) is 0 Å². The third kappa shape index (κ3) is 4.03. The summed E-state index contributed by atoms with van der Waals surface area (Å²) >= 11 is 0. The molecule has 0 saturated carbocycles. The van der Waals surface area contributed by atoms with Crippen LogP contribution in [0.1, 0.15) is 47.5 Å². The first-order valence-electron chi connectivity index (χ1n) is 11.4. The normalized spacial score (nSPS) is 15.0. The Balaban J connectivity index is 1.41. The van der Waals surface area contributed by atoms with Crippen LogP contribution in [0.2, 0.25) is 0 Å². The zero-order valence-corrected chi connectivity index (χ0v) is 19.1. The molecule has 0 saturated heterocycles. The summed E-state index contributed by atoms with van der Waals surface area (Å²) in [6.07, 6.45) is 0.319. The number of anilines is 1. The summed E-state index contributed by atoms with van der Waals surface area (Å²) in [4.78, 5) is 15.8. The van der Waals surface area contributed by atoms with Gasteiger partial charge in [0, 0.05) is 24.7 Å². The monoisotopic (exact) mass is 459 g/mol. The molecule has 0 amide bonds. The van der Waals surface area contributed by atoms with Crippen molar-refractivity contribution in [1.82, 2.24) is 9.55 Å². The number of carbonyl (C=O) groups is 1. The minimum atomic E-state index is -0.866. The van der Waals surface area contributed by atoms with Gasteiger partial charge < -0.3 is 15.2 Å². The van der Waals surface area contributed by atoms with Gasteiger partial charge >= 0.3 is 5.97 Å². The number of aliphatic carboxylic acids is 1. The van der Waals surface area contributed by atoms with E-state index in [1.807, 2.05) is 41.8 Å². The Labute approximate surface area is 197 Å². The number of benzene rings is 3. The van der Waals surface area contributed by atoms with Gasteiger partial charge in [-0.25, -0.2) is 9.37 Å². The van der Waals surface area contributed by atoms with Gasteiger partial charge in [-0.3, -0.25) is 9.36 Å². The van der Waals surface area contributed by atoms with E-state index >= 15 is 0 Å². The van der Waals surface area contributed by atoms with Crippen molar-refractivity contribution >= 4 is 22.7 Å². The van der Waals surface area contributed by atoms with Gasteiger partial charge in [-0.1, -0.05) is 25.1 Å². The Hall–Kier alpha value is -3.71. The molecule has 0 spiro atoms. The van der Waals surface area contributed by atoms with Crippen LogP contribution in [0, 0.1) is 12.7 Å². The van der Waals surface area contributed by atoms with Crippen LogP contribution in [0.4, 0.5) is 10.1 Å². The van der Waals surface area contributed by atoms with Crippen molar-refractivity contribution in [2.75, 3.05) is 5.32 Å². The van der Waals surface area contributed by atoms with Gasteiger partial charge in [0.05, 0.1) is 35.9 Å². The maximum Gasteiger partial charge on any atom is 0.306 e. The molecular formula is C27H26FN3O3. The van der Waals surface area contributed by atoms with Crippen LogP contribution in [0.3, 0.4) is 0 Å². The largest absolute Gasteiger partial charge is 0.481 e. The van der Waals surface area contributed by atoms with E-state index in [0.717, 1.165) is 56.9 Å². The molecule has 5 rings (SSSR count). The maximum absolute atomic E-state index is 14.0. The topological polar surface area (TPSA) is 76.4 Å². The van der Waals surface area contributed by atoms with Crippen molar-refractivity contribution < 1.29 is 19.0 Å². The smallest absolute Gasteiger partial charge is 0.306 e. The summed E-state index contributed by atoms with van der Waals surface area (Å²) in [5, 5.41) is 12.5. The number of hydrogen-bond acceptors (Lipinski definition) is 4. The molecule has 1 aliphatic heterocycles. The predicted octanol–water partition coefficient (Wildman–Crippen LogP) is 5.69. The van der Waals surface area contributed by atoms with Gasteiger partial charge in [0.2, 0.25) is 0 Å². The van der Waals surface area contributed by atoms with Crippen LogP contribution in [-0.4, -0.2) is 20.6 Å². The van der Waals surface area contributed by atoms with E-state index in [-0.39, 0.29) is 18.3 Å². The number of rotatable bonds is 7. The number of aryl methyl sites for hydroxylation is 1. The molecule has 6 nitrogen and oxygen atoms in total. The first-order valence-corrected chi connectivity index (χ1v) is 11.4. The van der Waals surface area contributed by atoms with Crippen molar-refractivity contribution in [2.24, 2.45) is 0 Å². The molecule has 0 bridgehead atoms. The highest BCUT2D eigenvalue weighted by atomic mass is 19.1. The Kier molecular flexibility index (Phi) is 5.79. The van der Waals surface area contributed by atoms with Crippen LogP contribution >= 0.6 is 0 Å². The average Bonchev–Trinajstić information content (AvgIpc) is 3.38.